The lowest BCUT2D eigenvalue weighted by atomic mass is 9.96. The summed E-state index contributed by atoms with van der Waals surface area (Å²) < 4.78 is 0. The van der Waals surface area contributed by atoms with Crippen LogP contribution in [0.25, 0.3) is 0 Å². The zero-order valence-electron chi connectivity index (χ0n) is 12.2. The van der Waals surface area contributed by atoms with Crippen LogP contribution in [0, 0.1) is 5.92 Å². The molecule has 2 rings (SSSR count). The molecular weight excluding hydrogens is 264 g/mol. The predicted molar refractivity (Wildman–Crippen MR) is 81.8 cm³/mol. The van der Waals surface area contributed by atoms with E-state index in [4.69, 9.17) is 5.11 Å². The van der Waals surface area contributed by atoms with Gasteiger partial charge in [-0.05, 0) is 24.0 Å². The van der Waals surface area contributed by atoms with Crippen molar-refractivity contribution in [3.05, 3.63) is 70.8 Å². The lowest BCUT2D eigenvalue weighted by molar-refractivity contribution is 0.0693. The first kappa shape index (κ1) is 15.0. The Bertz CT molecular complexity index is 654. The van der Waals surface area contributed by atoms with Crippen LogP contribution in [0.2, 0.25) is 0 Å². The van der Waals surface area contributed by atoms with Gasteiger partial charge in [0.15, 0.2) is 5.78 Å². The molecule has 0 radical (unpaired) electrons. The minimum Gasteiger partial charge on any atom is -0.478 e. The van der Waals surface area contributed by atoms with Gasteiger partial charge in [0, 0.05) is 11.1 Å². The van der Waals surface area contributed by atoms with Crippen molar-refractivity contribution >= 4 is 11.8 Å². The smallest absolute Gasteiger partial charge is 0.336 e. The summed E-state index contributed by atoms with van der Waals surface area (Å²) in [5, 5.41) is 9.15. The van der Waals surface area contributed by atoms with Gasteiger partial charge in [0.2, 0.25) is 0 Å². The summed E-state index contributed by atoms with van der Waals surface area (Å²) in [4.78, 5) is 23.6. The minimum atomic E-state index is -1.09. The number of carbonyl (C=O) groups is 2. The van der Waals surface area contributed by atoms with Gasteiger partial charge in [-0.25, -0.2) is 4.79 Å². The summed E-state index contributed by atoms with van der Waals surface area (Å²) in [6, 6.07) is 13.7. The van der Waals surface area contributed by atoms with Gasteiger partial charge >= 0.3 is 5.97 Å². The average molecular weight is 282 g/mol. The monoisotopic (exact) mass is 282 g/mol. The molecule has 0 aliphatic carbocycles. The van der Waals surface area contributed by atoms with Crippen molar-refractivity contribution in [2.45, 2.75) is 20.3 Å². The highest BCUT2D eigenvalue weighted by atomic mass is 16.4. The lowest BCUT2D eigenvalue weighted by Crippen LogP contribution is -2.09. The van der Waals surface area contributed by atoms with Crippen molar-refractivity contribution in [3.63, 3.8) is 0 Å². The fraction of sp³-hybridized carbons (Fsp3) is 0.222. The van der Waals surface area contributed by atoms with Crippen LogP contribution >= 0.6 is 0 Å². The third kappa shape index (κ3) is 3.57. The van der Waals surface area contributed by atoms with Gasteiger partial charge in [-0.15, -0.1) is 0 Å². The second kappa shape index (κ2) is 6.35. The highest BCUT2D eigenvalue weighted by Crippen LogP contribution is 2.16. The van der Waals surface area contributed by atoms with Crippen molar-refractivity contribution < 1.29 is 14.7 Å². The number of carboxylic acids is 1. The third-order valence-electron chi connectivity index (χ3n) is 3.26. The molecule has 0 heterocycles. The van der Waals surface area contributed by atoms with Gasteiger partial charge < -0.3 is 5.11 Å². The Morgan fingerprint density at radius 3 is 2.05 bits per heavy atom. The van der Waals surface area contributed by atoms with E-state index in [1.165, 1.54) is 11.6 Å². The maximum Gasteiger partial charge on any atom is 0.336 e. The second-order valence-corrected chi connectivity index (χ2v) is 5.47. The zero-order chi connectivity index (χ0) is 15.4. The number of rotatable bonds is 5. The number of benzene rings is 2. The Balaban J connectivity index is 2.30. The first-order valence-corrected chi connectivity index (χ1v) is 6.95. The summed E-state index contributed by atoms with van der Waals surface area (Å²) in [7, 11) is 0. The molecule has 2 aromatic rings. The van der Waals surface area contributed by atoms with Crippen molar-refractivity contribution in [1.82, 2.24) is 0 Å². The Labute approximate surface area is 124 Å². The maximum absolute atomic E-state index is 12.4. The molecule has 3 nitrogen and oxygen atoms in total. The van der Waals surface area contributed by atoms with Crippen molar-refractivity contribution in [3.8, 4) is 0 Å². The van der Waals surface area contributed by atoms with E-state index in [1.807, 2.05) is 12.1 Å². The molecule has 108 valence electrons. The lowest BCUT2D eigenvalue weighted by Gasteiger charge is -2.07. The molecule has 0 fully saturated rings. The van der Waals surface area contributed by atoms with Crippen molar-refractivity contribution in [1.29, 1.82) is 0 Å². The highest BCUT2D eigenvalue weighted by Gasteiger charge is 2.17. The van der Waals surface area contributed by atoms with Crippen molar-refractivity contribution in [2.24, 2.45) is 5.92 Å². The molecule has 0 aliphatic heterocycles. The van der Waals surface area contributed by atoms with Gasteiger partial charge in [0.25, 0.3) is 0 Å². The summed E-state index contributed by atoms with van der Waals surface area (Å²) in [6.07, 6.45) is 0.959. The van der Waals surface area contributed by atoms with Crippen LogP contribution in [0.1, 0.15) is 45.7 Å². The Hall–Kier alpha value is -2.42. The van der Waals surface area contributed by atoms with Gasteiger partial charge in [0.1, 0.15) is 0 Å². The minimum absolute atomic E-state index is 0.0359. The summed E-state index contributed by atoms with van der Waals surface area (Å²) in [5.41, 5.74) is 1.94. The fourth-order valence-electron chi connectivity index (χ4n) is 2.29. The van der Waals surface area contributed by atoms with E-state index >= 15 is 0 Å². The topological polar surface area (TPSA) is 54.4 Å². The number of hydrogen-bond acceptors (Lipinski definition) is 2. The molecule has 2 aromatic carbocycles. The molecule has 1 N–H and O–H groups in total. The van der Waals surface area contributed by atoms with Crippen LogP contribution in [0.5, 0.6) is 0 Å². The largest absolute Gasteiger partial charge is 0.478 e. The molecule has 0 aliphatic rings. The molecule has 3 heteroatoms. The predicted octanol–water partition coefficient (Wildman–Crippen LogP) is 3.81. The van der Waals surface area contributed by atoms with E-state index in [9.17, 15) is 9.59 Å². The molecule has 0 bridgehead atoms. The van der Waals surface area contributed by atoms with E-state index in [0.29, 0.717) is 11.5 Å². The normalized spacial score (nSPS) is 10.6. The first-order chi connectivity index (χ1) is 9.99. The second-order valence-electron chi connectivity index (χ2n) is 5.47. The molecule has 0 saturated heterocycles. The molecule has 0 saturated carbocycles. The Kier molecular flexibility index (Phi) is 4.53. The fourth-order valence-corrected chi connectivity index (χ4v) is 2.29. The van der Waals surface area contributed by atoms with Gasteiger partial charge in [0.05, 0.1) is 5.56 Å². The summed E-state index contributed by atoms with van der Waals surface area (Å²) >= 11 is 0. The number of carboxylic acid groups (broad SMARTS) is 1. The van der Waals surface area contributed by atoms with Crippen molar-refractivity contribution in [2.75, 3.05) is 0 Å². The third-order valence-corrected chi connectivity index (χ3v) is 3.26. The van der Waals surface area contributed by atoms with Gasteiger partial charge in [-0.2, -0.15) is 0 Å². The SMILES string of the molecule is CC(C)Cc1ccc(C(=O)c2ccccc2C(=O)O)cc1. The van der Waals surface area contributed by atoms with E-state index in [1.54, 1.807) is 30.3 Å². The molecule has 0 aromatic heterocycles. The van der Waals surface area contributed by atoms with Crippen LogP contribution < -0.4 is 0 Å². The van der Waals surface area contributed by atoms with Crippen LogP contribution in [-0.2, 0) is 6.42 Å². The number of aromatic carboxylic acids is 1. The van der Waals surface area contributed by atoms with E-state index in [0.717, 1.165) is 6.42 Å². The van der Waals surface area contributed by atoms with Crippen LogP contribution in [0.3, 0.4) is 0 Å². The first-order valence-electron chi connectivity index (χ1n) is 6.95. The highest BCUT2D eigenvalue weighted by molar-refractivity contribution is 6.14. The van der Waals surface area contributed by atoms with Gasteiger partial charge in [-0.3, -0.25) is 4.79 Å². The zero-order valence-corrected chi connectivity index (χ0v) is 12.2. The number of hydrogen-bond donors (Lipinski definition) is 1. The molecule has 0 unspecified atom stereocenters. The Morgan fingerprint density at radius 1 is 0.952 bits per heavy atom. The van der Waals surface area contributed by atoms with Gasteiger partial charge in [-0.1, -0.05) is 56.3 Å². The van der Waals surface area contributed by atoms with Crippen LogP contribution in [0.4, 0.5) is 0 Å². The molecule has 0 amide bonds. The molecular formula is C18H18O3. The van der Waals surface area contributed by atoms with Crippen LogP contribution in [-0.4, -0.2) is 16.9 Å². The number of ketones is 1. The maximum atomic E-state index is 12.4. The summed E-state index contributed by atoms with van der Waals surface area (Å²) in [6.45, 7) is 4.28. The molecule has 21 heavy (non-hydrogen) atoms. The quantitative estimate of drug-likeness (QED) is 0.848. The van der Waals surface area contributed by atoms with E-state index < -0.39 is 5.97 Å². The Morgan fingerprint density at radius 2 is 1.52 bits per heavy atom. The van der Waals surface area contributed by atoms with E-state index in [2.05, 4.69) is 13.8 Å². The molecule has 0 spiro atoms. The van der Waals surface area contributed by atoms with Crippen LogP contribution in [0.15, 0.2) is 48.5 Å². The summed E-state index contributed by atoms with van der Waals surface area (Å²) in [5.74, 6) is -0.793. The van der Waals surface area contributed by atoms with E-state index in [-0.39, 0.29) is 16.9 Å². The molecule has 0 atom stereocenters. The average Bonchev–Trinajstić information content (AvgIpc) is 2.46. The number of carbonyl (C=O) groups excluding carboxylic acids is 1. The standard InChI is InChI=1S/C18H18O3/c1-12(2)11-13-7-9-14(10-8-13)17(19)15-5-3-4-6-16(15)18(20)21/h3-10,12H,11H2,1-2H3,(H,20,21).